The molecule has 6 atom stereocenters. The van der Waals surface area contributed by atoms with Gasteiger partial charge in [0, 0.05) is 42.6 Å². The third-order valence-electron chi connectivity index (χ3n) is 13.5. The molecule has 370 valence electrons. The van der Waals surface area contributed by atoms with Crippen molar-refractivity contribution in [2.24, 2.45) is 11.8 Å². The van der Waals surface area contributed by atoms with Crippen molar-refractivity contribution in [3.8, 4) is 0 Å². The number of allylic oxidation sites excluding steroid dienone is 3. The Balaban J connectivity index is 1.32. The number of methoxy groups -OCH3 is 2. The molecule has 2 aromatic rings. The number of nitrogens with one attached hydrogen (secondary N) is 4. The van der Waals surface area contributed by atoms with E-state index in [0.717, 1.165) is 48.9 Å². The zero-order chi connectivity index (χ0) is 49.9. The first-order valence-corrected chi connectivity index (χ1v) is 24.2. The number of carbonyl (C=O) groups is 6. The van der Waals surface area contributed by atoms with Crippen LogP contribution >= 0.6 is 0 Å². The van der Waals surface area contributed by atoms with Crippen molar-refractivity contribution >= 4 is 47.2 Å². The predicted octanol–water partition coefficient (Wildman–Crippen LogP) is 8.29. The zero-order valence-corrected chi connectivity index (χ0v) is 41.9. The zero-order valence-electron chi connectivity index (χ0n) is 41.9. The number of ether oxygens (including phenoxy) is 2. The van der Waals surface area contributed by atoms with Crippen LogP contribution in [0.4, 0.5) is 21.0 Å². The summed E-state index contributed by atoms with van der Waals surface area (Å²) in [6, 6.07) is 14.2. The van der Waals surface area contributed by atoms with Crippen molar-refractivity contribution < 1.29 is 38.2 Å². The van der Waals surface area contributed by atoms with E-state index in [1.807, 2.05) is 52.0 Å². The van der Waals surface area contributed by atoms with Gasteiger partial charge in [0.15, 0.2) is 0 Å². The van der Waals surface area contributed by atoms with Gasteiger partial charge in [-0.2, -0.15) is 0 Å². The second-order valence-electron chi connectivity index (χ2n) is 20.0. The highest BCUT2D eigenvalue weighted by Crippen LogP contribution is 2.43. The minimum absolute atomic E-state index is 0.0173. The molecule has 3 aliphatic rings. The Morgan fingerprint density at radius 3 is 1.88 bits per heavy atom. The standard InChI is InChI=1S/C53H75N7O8/c1-12-38(54-45(61)32-41-16-15-31-58(41)49(63)46(33(2)3)56-51(65)67-10)23-18-35(6)42-28-29-43(60(42)40-26-21-37(22-27-40)53(7,8)9)36-19-24-39(25-20-36)55-48(62)44-17-13-14-30-59(44)50(64)47(34(4)5)57-52(66)68-11/h12,18-27,33-34,41-44,46-47H,1,13-17,28-32H2,2-11H3,(H,54,61)(H,55,62)(H,56,65)(H,57,66). The molecular formula is C53H75N7O8. The molecule has 6 amide bonds. The van der Waals surface area contributed by atoms with Crippen molar-refractivity contribution in [1.82, 2.24) is 25.8 Å². The van der Waals surface area contributed by atoms with E-state index < -0.39 is 30.3 Å². The van der Waals surface area contributed by atoms with Crippen LogP contribution in [0, 0.1) is 11.8 Å². The van der Waals surface area contributed by atoms with Gasteiger partial charge in [0.25, 0.3) is 0 Å². The number of alkyl carbamates (subject to hydrolysis) is 2. The fourth-order valence-corrected chi connectivity index (χ4v) is 9.57. The fourth-order valence-electron chi connectivity index (χ4n) is 9.57. The molecule has 68 heavy (non-hydrogen) atoms. The molecule has 3 saturated heterocycles. The number of likely N-dealkylation sites (tertiary alicyclic amines) is 2. The smallest absolute Gasteiger partial charge is 0.407 e. The lowest BCUT2D eigenvalue weighted by Crippen LogP contribution is -2.57. The fraction of sp³-hybridized carbons (Fsp3) is 0.547. The number of benzene rings is 2. The molecule has 15 nitrogen and oxygen atoms in total. The van der Waals surface area contributed by atoms with E-state index in [9.17, 15) is 28.8 Å². The molecule has 0 aromatic heterocycles. The maximum Gasteiger partial charge on any atom is 0.407 e. The Labute approximate surface area is 403 Å². The molecule has 5 rings (SSSR count). The van der Waals surface area contributed by atoms with Crippen LogP contribution < -0.4 is 26.2 Å². The third-order valence-corrected chi connectivity index (χ3v) is 13.5. The van der Waals surface area contributed by atoms with E-state index in [-0.39, 0.29) is 65.4 Å². The van der Waals surface area contributed by atoms with Crippen LogP contribution in [0.2, 0.25) is 0 Å². The number of hydrogen-bond acceptors (Lipinski definition) is 9. The van der Waals surface area contributed by atoms with Crippen LogP contribution in [0.5, 0.6) is 0 Å². The molecule has 3 fully saturated rings. The summed E-state index contributed by atoms with van der Waals surface area (Å²) in [6.45, 7) is 21.0. The Hall–Kier alpha value is -6.12. The molecule has 0 spiro atoms. The van der Waals surface area contributed by atoms with Gasteiger partial charge in [0.2, 0.25) is 23.6 Å². The number of amides is 6. The number of nitrogens with zero attached hydrogens (tertiary/aromatic N) is 3. The largest absolute Gasteiger partial charge is 0.453 e. The highest BCUT2D eigenvalue weighted by molar-refractivity contribution is 5.98. The lowest BCUT2D eigenvalue weighted by molar-refractivity contribution is -0.142. The third kappa shape index (κ3) is 13.3. The summed E-state index contributed by atoms with van der Waals surface area (Å²) in [6.07, 6.45) is 9.56. The number of hydrogen-bond donors (Lipinski definition) is 4. The van der Waals surface area contributed by atoms with Gasteiger partial charge in [0.1, 0.15) is 18.1 Å². The molecular weight excluding hydrogens is 863 g/mol. The van der Waals surface area contributed by atoms with Gasteiger partial charge in [-0.1, -0.05) is 91.0 Å². The van der Waals surface area contributed by atoms with Gasteiger partial charge in [-0.15, -0.1) is 0 Å². The first kappa shape index (κ1) is 52.8. The summed E-state index contributed by atoms with van der Waals surface area (Å²) in [5.74, 6) is -1.39. The van der Waals surface area contributed by atoms with E-state index in [0.29, 0.717) is 37.3 Å². The minimum Gasteiger partial charge on any atom is -0.453 e. The Morgan fingerprint density at radius 2 is 1.32 bits per heavy atom. The molecule has 0 bridgehead atoms. The lowest BCUT2D eigenvalue weighted by Gasteiger charge is -2.37. The van der Waals surface area contributed by atoms with Gasteiger partial charge in [-0.25, -0.2) is 9.59 Å². The van der Waals surface area contributed by atoms with Crippen molar-refractivity contribution in [3.05, 3.63) is 95.7 Å². The first-order chi connectivity index (χ1) is 32.3. The van der Waals surface area contributed by atoms with E-state index in [1.165, 1.54) is 19.8 Å². The summed E-state index contributed by atoms with van der Waals surface area (Å²) in [7, 11) is 2.52. The summed E-state index contributed by atoms with van der Waals surface area (Å²) in [4.78, 5) is 84.5. The summed E-state index contributed by atoms with van der Waals surface area (Å²) in [5, 5.41) is 11.4. The quantitative estimate of drug-likeness (QED) is 0.121. The van der Waals surface area contributed by atoms with Gasteiger partial charge in [-0.05, 0) is 117 Å². The average molecular weight is 938 g/mol. The molecule has 3 aliphatic heterocycles. The topological polar surface area (TPSA) is 179 Å². The molecule has 0 saturated carbocycles. The van der Waals surface area contributed by atoms with Crippen LogP contribution in [0.3, 0.4) is 0 Å². The summed E-state index contributed by atoms with van der Waals surface area (Å²) >= 11 is 0. The second kappa shape index (κ2) is 23.7. The number of rotatable bonds is 16. The number of anilines is 2. The van der Waals surface area contributed by atoms with Crippen LogP contribution in [0.1, 0.15) is 124 Å². The van der Waals surface area contributed by atoms with Crippen molar-refractivity contribution in [3.63, 3.8) is 0 Å². The van der Waals surface area contributed by atoms with Gasteiger partial charge >= 0.3 is 12.2 Å². The highest BCUT2D eigenvalue weighted by atomic mass is 16.5. The molecule has 4 N–H and O–H groups in total. The molecule has 3 heterocycles. The Bertz CT molecular complexity index is 2180. The minimum atomic E-state index is -0.820. The summed E-state index contributed by atoms with van der Waals surface area (Å²) < 4.78 is 9.52. The van der Waals surface area contributed by atoms with Gasteiger partial charge in [0.05, 0.1) is 26.3 Å². The maximum absolute atomic E-state index is 13.8. The van der Waals surface area contributed by atoms with E-state index >= 15 is 0 Å². The molecule has 0 aliphatic carbocycles. The molecule has 6 unspecified atom stereocenters. The van der Waals surface area contributed by atoms with Crippen molar-refractivity contribution in [2.45, 2.75) is 148 Å². The monoisotopic (exact) mass is 938 g/mol. The maximum atomic E-state index is 13.8. The Kier molecular flexibility index (Phi) is 18.5. The van der Waals surface area contributed by atoms with Crippen molar-refractivity contribution in [2.75, 3.05) is 37.5 Å². The van der Waals surface area contributed by atoms with E-state index in [2.05, 4.69) is 96.8 Å². The van der Waals surface area contributed by atoms with E-state index in [1.54, 1.807) is 15.9 Å². The van der Waals surface area contributed by atoms with Crippen LogP contribution in [0.15, 0.2) is 84.6 Å². The molecule has 2 aromatic carbocycles. The molecule has 0 radical (unpaired) electrons. The first-order valence-electron chi connectivity index (χ1n) is 24.2. The highest BCUT2D eigenvalue weighted by Gasteiger charge is 2.39. The number of carbonyl (C=O) groups excluding carboxylic acids is 6. The van der Waals surface area contributed by atoms with Crippen molar-refractivity contribution in [1.29, 1.82) is 0 Å². The summed E-state index contributed by atoms with van der Waals surface area (Å²) in [5.41, 5.74) is 5.66. The van der Waals surface area contributed by atoms with Gasteiger partial charge < -0.3 is 45.4 Å². The van der Waals surface area contributed by atoms with Crippen LogP contribution in [-0.2, 0) is 34.1 Å². The number of piperidine rings is 1. The lowest BCUT2D eigenvalue weighted by atomic mass is 9.87. The van der Waals surface area contributed by atoms with Gasteiger partial charge in [-0.3, -0.25) is 19.2 Å². The SMILES string of the molecule is C=CC(=CC=C(C)C1CCC(c2ccc(NC(=O)C3CCCCN3C(=O)C(NC(=O)OC)C(C)C)cc2)N1c1ccc(C(C)(C)C)cc1)NC(=O)CC1CCCN1C(=O)C(NC(=O)OC)C(C)C. The predicted molar refractivity (Wildman–Crippen MR) is 266 cm³/mol. The van der Waals surface area contributed by atoms with Crippen LogP contribution in [0.25, 0.3) is 0 Å². The van der Waals surface area contributed by atoms with Crippen LogP contribution in [-0.4, -0.2) is 103 Å². The van der Waals surface area contributed by atoms with E-state index in [4.69, 9.17) is 9.47 Å². The molecule has 15 heteroatoms. The Morgan fingerprint density at radius 1 is 0.735 bits per heavy atom. The normalized spacial score (nSPS) is 21.0. The average Bonchev–Trinajstić information content (AvgIpc) is 3.98. The second-order valence-corrected chi connectivity index (χ2v) is 20.0.